The Hall–Kier alpha value is -0.800. The molecule has 0 aliphatic heterocycles. The molecule has 0 aliphatic rings. The number of nitrogens with zero attached hydrogens (tertiary/aromatic N) is 4. The van der Waals surface area contributed by atoms with Gasteiger partial charge in [-0.1, -0.05) is 27.7 Å². The molecule has 0 fully saturated rings. The summed E-state index contributed by atoms with van der Waals surface area (Å²) in [5.41, 5.74) is -1.38. The molecule has 0 aromatic heterocycles. The quantitative estimate of drug-likeness (QED) is 0.353. The fourth-order valence-electron chi connectivity index (χ4n) is 2.18. The lowest BCUT2D eigenvalue weighted by Gasteiger charge is -2.24. The summed E-state index contributed by atoms with van der Waals surface area (Å²) in [6, 6.07) is 0. The molecule has 0 N–H and O–H groups in total. The van der Waals surface area contributed by atoms with Gasteiger partial charge in [0, 0.05) is 0 Å². The summed E-state index contributed by atoms with van der Waals surface area (Å²) in [5.74, 6) is 0.854. The van der Waals surface area contributed by atoms with E-state index in [1.165, 1.54) is 0 Å². The number of rotatable bonds is 8. The summed E-state index contributed by atoms with van der Waals surface area (Å²) in [7, 11) is 0. The van der Waals surface area contributed by atoms with Crippen LogP contribution in [0.2, 0.25) is 0 Å². The van der Waals surface area contributed by atoms with Crippen molar-refractivity contribution in [3.05, 3.63) is 0 Å². The zero-order valence-electron chi connectivity index (χ0n) is 13.2. The Labute approximate surface area is 132 Å². The predicted octanol–water partition coefficient (Wildman–Crippen LogP) is 5.17. The van der Waals surface area contributed by atoms with E-state index >= 15 is 0 Å². The van der Waals surface area contributed by atoms with E-state index in [1.54, 1.807) is 0 Å². The zero-order valence-corrected chi connectivity index (χ0v) is 14.8. The van der Waals surface area contributed by atoms with Crippen LogP contribution in [0.25, 0.3) is 0 Å². The van der Waals surface area contributed by atoms with E-state index in [4.69, 9.17) is 24.4 Å². The lowest BCUT2D eigenvalue weighted by Crippen LogP contribution is -2.25. The highest BCUT2D eigenvalue weighted by Gasteiger charge is 2.28. The van der Waals surface area contributed by atoms with Gasteiger partial charge in [0.1, 0.15) is 0 Å². The third-order valence-electron chi connectivity index (χ3n) is 2.64. The summed E-state index contributed by atoms with van der Waals surface area (Å²) in [4.78, 5) is 8.31. The van der Waals surface area contributed by atoms with Crippen LogP contribution in [0.3, 0.4) is 0 Å². The van der Waals surface area contributed by atoms with Crippen LogP contribution in [0.5, 0.6) is 0 Å². The molecule has 0 rings (SSSR count). The van der Waals surface area contributed by atoms with Gasteiger partial charge in [-0.3, -0.25) is 0 Å². The number of isothiocyanates is 2. The minimum Gasteiger partial charge on any atom is -0.200 e. The van der Waals surface area contributed by atoms with Crippen molar-refractivity contribution in [1.82, 2.24) is 0 Å². The smallest absolute Gasteiger partial charge is 0.178 e. The Morgan fingerprint density at radius 2 is 1.10 bits per heavy atom. The van der Waals surface area contributed by atoms with Crippen LogP contribution in [-0.4, -0.2) is 21.6 Å². The topological polar surface area (TPSA) is 49.4 Å². The normalized spacial score (nSPS) is 17.4. The van der Waals surface area contributed by atoms with Gasteiger partial charge in [0.05, 0.1) is 10.3 Å². The molecule has 0 bridgehead atoms. The molecule has 4 nitrogen and oxygen atoms in total. The van der Waals surface area contributed by atoms with E-state index in [2.05, 4.69) is 58.2 Å². The molecule has 6 heteroatoms. The summed E-state index contributed by atoms with van der Waals surface area (Å²) in [5, 5.41) is 13.6. The van der Waals surface area contributed by atoms with Gasteiger partial charge in [-0.2, -0.15) is 10.2 Å². The van der Waals surface area contributed by atoms with Gasteiger partial charge >= 0.3 is 0 Å². The second-order valence-corrected chi connectivity index (χ2v) is 6.60. The molecular formula is C14H24N4S2. The summed E-state index contributed by atoms with van der Waals surface area (Å²) >= 11 is 9.42. The minimum absolute atomic E-state index is 0.427. The van der Waals surface area contributed by atoms with Crippen molar-refractivity contribution in [3.63, 3.8) is 0 Å². The second-order valence-electron chi connectivity index (χ2n) is 6.24. The Balaban J connectivity index is 5.34. The SMILES string of the molecule is CC(C)CC(C)(N=C=S)/N=N/C(C)(CC(C)C)N=C=S. The Kier molecular flexibility index (Phi) is 8.14. The highest BCUT2D eigenvalue weighted by molar-refractivity contribution is 7.78. The molecule has 0 radical (unpaired) electrons. The molecule has 0 aromatic rings. The highest BCUT2D eigenvalue weighted by atomic mass is 32.1. The lowest BCUT2D eigenvalue weighted by molar-refractivity contribution is 0.320. The fraction of sp³-hybridized carbons (Fsp3) is 0.857. The number of hydrogen-bond donors (Lipinski definition) is 0. The van der Waals surface area contributed by atoms with E-state index in [0.717, 1.165) is 12.8 Å². The van der Waals surface area contributed by atoms with Crippen molar-refractivity contribution >= 4 is 34.8 Å². The first kappa shape index (κ1) is 19.2. The Morgan fingerprint density at radius 3 is 1.30 bits per heavy atom. The predicted molar refractivity (Wildman–Crippen MR) is 90.6 cm³/mol. The highest BCUT2D eigenvalue weighted by Crippen LogP contribution is 2.28. The molecule has 0 aliphatic carbocycles. The molecule has 0 amide bonds. The number of hydrogen-bond acceptors (Lipinski definition) is 6. The maximum absolute atomic E-state index is 4.71. The number of thiocarbonyl (C=S) groups is 2. The van der Waals surface area contributed by atoms with Crippen molar-refractivity contribution in [2.24, 2.45) is 32.0 Å². The van der Waals surface area contributed by atoms with Gasteiger partial charge in [0.15, 0.2) is 11.3 Å². The average molecular weight is 313 g/mol. The van der Waals surface area contributed by atoms with Crippen LogP contribution in [-0.2, 0) is 0 Å². The summed E-state index contributed by atoms with van der Waals surface area (Å²) < 4.78 is 0. The van der Waals surface area contributed by atoms with Gasteiger partial charge in [-0.05, 0) is 63.0 Å². The molecule has 112 valence electrons. The number of azo groups is 1. The van der Waals surface area contributed by atoms with Gasteiger partial charge < -0.3 is 0 Å². The van der Waals surface area contributed by atoms with Crippen molar-refractivity contribution in [2.45, 2.75) is 65.7 Å². The first-order chi connectivity index (χ1) is 9.16. The molecule has 2 atom stereocenters. The molecule has 20 heavy (non-hydrogen) atoms. The van der Waals surface area contributed by atoms with E-state index in [9.17, 15) is 0 Å². The van der Waals surface area contributed by atoms with Gasteiger partial charge in [0.2, 0.25) is 0 Å². The van der Waals surface area contributed by atoms with Crippen LogP contribution in [0.1, 0.15) is 54.4 Å². The second kappa shape index (κ2) is 8.48. The summed E-state index contributed by atoms with van der Waals surface area (Å²) in [6.45, 7) is 12.2. The molecule has 0 heterocycles. The van der Waals surface area contributed by atoms with Crippen LogP contribution in [0.15, 0.2) is 20.2 Å². The standard InChI is InChI=1S/C14H24N4S2/c1-11(2)7-13(5,15-9-19)17-18-14(6,16-10-20)8-12(3)4/h11-12H,7-8H2,1-6H3/b18-17+. The molecular weight excluding hydrogens is 288 g/mol. The van der Waals surface area contributed by atoms with Crippen LogP contribution in [0, 0.1) is 11.8 Å². The fourth-order valence-corrected chi connectivity index (χ4v) is 2.57. The maximum Gasteiger partial charge on any atom is 0.178 e. The van der Waals surface area contributed by atoms with E-state index in [0.29, 0.717) is 11.8 Å². The molecule has 0 saturated heterocycles. The molecule has 0 aromatic carbocycles. The van der Waals surface area contributed by atoms with Crippen molar-refractivity contribution in [1.29, 1.82) is 0 Å². The first-order valence-corrected chi connectivity index (χ1v) is 7.60. The van der Waals surface area contributed by atoms with Gasteiger partial charge in [-0.15, -0.1) is 0 Å². The van der Waals surface area contributed by atoms with Crippen molar-refractivity contribution in [2.75, 3.05) is 0 Å². The van der Waals surface area contributed by atoms with E-state index in [1.807, 2.05) is 13.8 Å². The largest absolute Gasteiger partial charge is 0.200 e. The maximum atomic E-state index is 4.71. The third-order valence-corrected chi connectivity index (χ3v) is 2.83. The van der Waals surface area contributed by atoms with Crippen LogP contribution in [0.4, 0.5) is 0 Å². The van der Waals surface area contributed by atoms with E-state index in [-0.39, 0.29) is 0 Å². The average Bonchev–Trinajstić information content (AvgIpc) is 2.25. The van der Waals surface area contributed by atoms with Gasteiger partial charge in [-0.25, -0.2) is 9.98 Å². The lowest BCUT2D eigenvalue weighted by atomic mass is 9.99. The van der Waals surface area contributed by atoms with Crippen LogP contribution < -0.4 is 0 Å². The third kappa shape index (κ3) is 7.71. The molecule has 0 spiro atoms. The zero-order chi connectivity index (χ0) is 15.8. The number of aliphatic imine (C=N–C) groups is 2. The summed E-state index contributed by atoms with van der Waals surface area (Å²) in [6.07, 6.45) is 1.50. The molecule has 0 saturated carbocycles. The first-order valence-electron chi connectivity index (χ1n) is 6.78. The molecule has 2 unspecified atom stereocenters. The minimum atomic E-state index is -0.689. The van der Waals surface area contributed by atoms with Crippen LogP contribution >= 0.6 is 24.4 Å². The van der Waals surface area contributed by atoms with Crippen molar-refractivity contribution in [3.8, 4) is 0 Å². The Morgan fingerprint density at radius 1 is 0.800 bits per heavy atom. The van der Waals surface area contributed by atoms with Crippen molar-refractivity contribution < 1.29 is 0 Å². The van der Waals surface area contributed by atoms with E-state index < -0.39 is 11.3 Å². The monoisotopic (exact) mass is 312 g/mol. The Bertz CT molecular complexity index is 394. The van der Waals surface area contributed by atoms with Gasteiger partial charge in [0.25, 0.3) is 0 Å².